The fourth-order valence-electron chi connectivity index (χ4n) is 15.7. The second kappa shape index (κ2) is 21.2. The van der Waals surface area contributed by atoms with E-state index in [9.17, 15) is 71.2 Å². The van der Waals surface area contributed by atoms with E-state index < -0.39 is 158 Å². The van der Waals surface area contributed by atoms with Crippen molar-refractivity contribution < 1.29 is 109 Å². The molecule has 22 heteroatoms. The summed E-state index contributed by atoms with van der Waals surface area (Å²) < 4.78 is 49.2. The van der Waals surface area contributed by atoms with Crippen LogP contribution in [-0.2, 0) is 42.7 Å². The first kappa shape index (κ1) is 58.9. The molecule has 7 fully saturated rings. The predicted octanol–water partition coefficient (Wildman–Crippen LogP) is -1.44. The average Bonchev–Trinajstić information content (AvgIpc) is 3.47. The van der Waals surface area contributed by atoms with Crippen LogP contribution < -0.4 is 0 Å². The molecule has 9 aliphatic rings. The molecule has 0 bridgehead atoms. The molecule has 0 unspecified atom stereocenters. The Balaban J connectivity index is 1.01. The Hall–Kier alpha value is -1.69. The van der Waals surface area contributed by atoms with Crippen LogP contribution in [0.5, 0.6) is 0 Å². The first-order valence-corrected chi connectivity index (χ1v) is 27.4. The molecule has 0 aromatic rings. The lowest BCUT2D eigenvalue weighted by Gasteiger charge is -2.69. The van der Waals surface area contributed by atoms with Crippen molar-refractivity contribution in [2.75, 3.05) is 26.4 Å². The highest BCUT2D eigenvalue weighted by Crippen LogP contribution is 2.74. The molecule has 4 saturated heterocycles. The normalized spacial score (nSPS) is 54.3. The number of ether oxygens (including phenoxy) is 8. The van der Waals surface area contributed by atoms with E-state index in [1.165, 1.54) is 25.0 Å². The van der Waals surface area contributed by atoms with Crippen molar-refractivity contribution in [3.8, 4) is 0 Å². The zero-order valence-electron chi connectivity index (χ0n) is 44.9. The maximum atomic E-state index is 13.4. The minimum absolute atomic E-state index is 0.0502. The number of aliphatic hydroxyl groups excluding tert-OH is 13. The summed E-state index contributed by atoms with van der Waals surface area (Å²) in [5.41, 5.74) is -0.544. The number of hydrogen-bond donors (Lipinski definition) is 13. The van der Waals surface area contributed by atoms with Crippen molar-refractivity contribution in [3.05, 3.63) is 23.3 Å². The van der Waals surface area contributed by atoms with Gasteiger partial charge >= 0.3 is 0 Å². The number of carbonyl (C=O) groups excluding carboxylic acids is 1. The van der Waals surface area contributed by atoms with Gasteiger partial charge in [0.25, 0.3) is 0 Å². The summed E-state index contributed by atoms with van der Waals surface area (Å²) in [6.07, 6.45) is -24.3. The molecule has 5 aliphatic carbocycles. The first-order valence-electron chi connectivity index (χ1n) is 27.4. The number of aliphatic hydroxyl groups is 13. The topological polar surface area (TPSA) is 354 Å². The fraction of sp³-hybridized carbons (Fsp3) is 0.907. The summed E-state index contributed by atoms with van der Waals surface area (Å²) in [6, 6.07) is 0. The molecule has 0 amide bonds. The quantitative estimate of drug-likeness (QED) is 0.0996. The van der Waals surface area contributed by atoms with Gasteiger partial charge in [0.05, 0.1) is 44.7 Å². The third kappa shape index (κ3) is 9.26. The minimum atomic E-state index is -2.02. The second-order valence-electron chi connectivity index (χ2n) is 25.6. The summed E-state index contributed by atoms with van der Waals surface area (Å²) in [5, 5.41) is 142. The number of rotatable bonds is 12. The molecular weight excluding hydrogens is 1000 g/mol. The molecule has 76 heavy (non-hydrogen) atoms. The third-order valence-electron chi connectivity index (χ3n) is 20.9. The van der Waals surface area contributed by atoms with Gasteiger partial charge in [0.15, 0.2) is 25.2 Å². The van der Waals surface area contributed by atoms with E-state index in [1.807, 2.05) is 20.8 Å². The van der Waals surface area contributed by atoms with Gasteiger partial charge in [0.1, 0.15) is 91.2 Å². The van der Waals surface area contributed by atoms with Crippen molar-refractivity contribution in [3.63, 3.8) is 0 Å². The molecule has 3 saturated carbocycles. The lowest BCUT2D eigenvalue weighted by atomic mass is 9.35. The fourth-order valence-corrected chi connectivity index (χ4v) is 15.7. The van der Waals surface area contributed by atoms with Gasteiger partial charge in [-0.15, -0.1) is 0 Å². The van der Waals surface area contributed by atoms with Gasteiger partial charge in [-0.25, -0.2) is 0 Å². The smallest absolute Gasteiger partial charge is 0.187 e. The number of Topliss-reactive ketones (excluding diaryl/α,β-unsaturated/α-hetero) is 1. The highest BCUT2D eigenvalue weighted by Gasteiger charge is 2.69. The predicted molar refractivity (Wildman–Crippen MR) is 262 cm³/mol. The monoisotopic (exact) mass is 1090 g/mol. The van der Waals surface area contributed by atoms with Crippen LogP contribution in [0.25, 0.3) is 0 Å². The van der Waals surface area contributed by atoms with E-state index in [1.54, 1.807) is 0 Å². The number of fused-ring (bicyclic) bond motifs is 6. The summed E-state index contributed by atoms with van der Waals surface area (Å²) in [6.45, 7) is 13.9. The van der Waals surface area contributed by atoms with Crippen molar-refractivity contribution in [2.45, 2.75) is 236 Å². The average molecular weight is 1090 g/mol. The molecule has 9 rings (SSSR count). The van der Waals surface area contributed by atoms with Gasteiger partial charge in [-0.2, -0.15) is 0 Å². The number of ketones is 1. The lowest BCUT2D eigenvalue weighted by molar-refractivity contribution is -0.402. The van der Waals surface area contributed by atoms with Gasteiger partial charge in [0, 0.05) is 22.7 Å². The summed E-state index contributed by atoms with van der Waals surface area (Å²) in [5.74, 6) is 0.0956. The van der Waals surface area contributed by atoms with E-state index >= 15 is 0 Å². The van der Waals surface area contributed by atoms with Crippen LogP contribution in [0.2, 0.25) is 0 Å². The van der Waals surface area contributed by atoms with Crippen molar-refractivity contribution in [1.29, 1.82) is 0 Å². The molecule has 4 aliphatic heterocycles. The van der Waals surface area contributed by atoms with Crippen LogP contribution in [0.1, 0.15) is 107 Å². The lowest BCUT2D eigenvalue weighted by Crippen LogP contribution is -2.68. The largest absolute Gasteiger partial charge is 0.396 e. The maximum absolute atomic E-state index is 13.4. The summed E-state index contributed by atoms with van der Waals surface area (Å²) >= 11 is 0. The van der Waals surface area contributed by atoms with E-state index in [0.717, 1.165) is 12.8 Å². The Morgan fingerprint density at radius 3 is 1.75 bits per heavy atom. The third-order valence-corrected chi connectivity index (χ3v) is 20.9. The summed E-state index contributed by atoms with van der Waals surface area (Å²) in [7, 11) is 0. The molecule has 22 nitrogen and oxygen atoms in total. The zero-order valence-corrected chi connectivity index (χ0v) is 44.9. The Labute approximate surface area is 443 Å². The molecule has 28 atom stereocenters. The summed E-state index contributed by atoms with van der Waals surface area (Å²) in [4.78, 5) is 13.4. The number of allylic oxidation sites excluding steroid dienone is 3. The molecule has 434 valence electrons. The highest BCUT2D eigenvalue weighted by atomic mass is 16.8. The standard InChI is InChI=1S/C54H86O22/c1-23-33(60)36(63)39(66)45(69-23)74-42-28(20-56)72-47(41(68)38(42)65)75-43-34(61)24(2)70-48(44(43)76-46-40(67)37(64)35(62)27(19-55)71-46)73-32-12-13-50(5)29(51(32,6)21-57)11-14-53(8)30(50)10-9-25-26-17-49(3,4)31(59)18-54(26,22-58)16-15-52(25,53)7/h9-10,23-24,27-30,32-48,55-58,60-68H,11-22H2,1-8H3/t23-,24-,27-,28-,29-,30-,32+,33+,34+,35-,36-,37+,38-,39-,40-,41-,42-,43+,44-,45-,46+,47+,48+,50+,51+,52-,53-,54+/m1/s1. The van der Waals surface area contributed by atoms with Gasteiger partial charge < -0.3 is 104 Å². The molecule has 0 aromatic heterocycles. The van der Waals surface area contributed by atoms with E-state index in [4.69, 9.17) is 37.9 Å². The zero-order chi connectivity index (χ0) is 55.6. The van der Waals surface area contributed by atoms with E-state index in [-0.39, 0.29) is 47.1 Å². The van der Waals surface area contributed by atoms with Crippen molar-refractivity contribution in [1.82, 2.24) is 0 Å². The Morgan fingerprint density at radius 1 is 0.553 bits per heavy atom. The number of hydrogen-bond acceptors (Lipinski definition) is 22. The first-order chi connectivity index (χ1) is 35.6. The van der Waals surface area contributed by atoms with Crippen LogP contribution in [0.3, 0.4) is 0 Å². The Bertz CT molecular complexity index is 2160. The molecule has 4 heterocycles. The molecule has 0 aromatic carbocycles. The Kier molecular flexibility index (Phi) is 16.5. The van der Waals surface area contributed by atoms with Crippen LogP contribution >= 0.6 is 0 Å². The SMILES string of the molecule is C[C@H]1O[C@H](O[C@H]2[C@H](O)[C@@H](O)[C@H](O[C@H]3[C@@H](O)[C@@H](C)O[C@@H](O[C@H]4CC[C@@]5(C)[C@@H](CC[C@]6(C)[C@@H]5C=CC5=C7CC(C)(C)C(=O)C[C@]7(CO)CC[C@]56C)[C@]4(C)CO)[C@@H]3O[C@@H]3O[C@H](CO)[C@@H](O)[C@H](O)[C@H]3O)O[C@@H]2CO)[C@H](O)[C@H](O)[C@H]1O. The van der Waals surface area contributed by atoms with Gasteiger partial charge in [-0.1, -0.05) is 59.3 Å². The van der Waals surface area contributed by atoms with Gasteiger partial charge in [-0.3, -0.25) is 4.79 Å². The van der Waals surface area contributed by atoms with Crippen LogP contribution in [0, 0.1) is 44.3 Å². The van der Waals surface area contributed by atoms with Crippen LogP contribution in [-0.4, -0.2) is 228 Å². The van der Waals surface area contributed by atoms with Gasteiger partial charge in [0.2, 0.25) is 0 Å². The second-order valence-corrected chi connectivity index (χ2v) is 25.6. The van der Waals surface area contributed by atoms with Crippen molar-refractivity contribution in [2.24, 2.45) is 44.3 Å². The Morgan fingerprint density at radius 2 is 1.12 bits per heavy atom. The van der Waals surface area contributed by atoms with Crippen molar-refractivity contribution >= 4 is 5.78 Å². The molecule has 0 radical (unpaired) electrons. The van der Waals surface area contributed by atoms with Crippen LogP contribution in [0.4, 0.5) is 0 Å². The number of carbonyl (C=O) groups is 1. The van der Waals surface area contributed by atoms with Gasteiger partial charge in [-0.05, 0) is 92.4 Å². The molecule has 13 N–H and O–H groups in total. The van der Waals surface area contributed by atoms with E-state index in [2.05, 4.69) is 32.9 Å². The van der Waals surface area contributed by atoms with E-state index in [0.29, 0.717) is 38.5 Å². The molecule has 0 spiro atoms. The highest BCUT2D eigenvalue weighted by molar-refractivity contribution is 5.87. The van der Waals surface area contributed by atoms with Crippen LogP contribution in [0.15, 0.2) is 23.3 Å². The maximum Gasteiger partial charge on any atom is 0.187 e. The minimum Gasteiger partial charge on any atom is -0.396 e. The molecular formula is C54H86O22.